The van der Waals surface area contributed by atoms with Gasteiger partial charge < -0.3 is 19.7 Å². The van der Waals surface area contributed by atoms with Gasteiger partial charge in [0.1, 0.15) is 34.0 Å². The maximum Gasteiger partial charge on any atom is 0.197 e. The van der Waals surface area contributed by atoms with Gasteiger partial charge in [-0.1, -0.05) is 6.07 Å². The fourth-order valence-corrected chi connectivity index (χ4v) is 2.05. The van der Waals surface area contributed by atoms with Gasteiger partial charge in [0.05, 0.1) is 5.56 Å². The predicted molar refractivity (Wildman–Crippen MR) is 72.9 cm³/mol. The molecule has 5 nitrogen and oxygen atoms in total. The molecule has 20 heavy (non-hydrogen) atoms. The van der Waals surface area contributed by atoms with Crippen LogP contribution < -0.4 is 5.43 Å². The van der Waals surface area contributed by atoms with E-state index in [1.165, 1.54) is 24.3 Å². The Morgan fingerprint density at radius 1 is 0.900 bits per heavy atom. The topological polar surface area (TPSA) is 90.9 Å². The van der Waals surface area contributed by atoms with Crippen LogP contribution >= 0.6 is 0 Å². The van der Waals surface area contributed by atoms with E-state index >= 15 is 0 Å². The molecule has 2 aromatic carbocycles. The molecule has 1 aromatic heterocycles. The van der Waals surface area contributed by atoms with Crippen molar-refractivity contribution in [2.45, 2.75) is 0 Å². The first-order valence-corrected chi connectivity index (χ1v) is 5.84. The molecule has 3 rings (SSSR count). The molecule has 0 aliphatic rings. The van der Waals surface area contributed by atoms with Crippen molar-refractivity contribution >= 4 is 11.0 Å². The Kier molecular flexibility index (Phi) is 2.61. The van der Waals surface area contributed by atoms with Crippen LogP contribution in [0.25, 0.3) is 22.3 Å². The predicted octanol–water partition coefficient (Wildman–Crippen LogP) is 2.58. The summed E-state index contributed by atoms with van der Waals surface area (Å²) in [4.78, 5) is 12.0. The van der Waals surface area contributed by atoms with E-state index in [0.29, 0.717) is 0 Å². The van der Waals surface area contributed by atoms with Crippen LogP contribution in [0.5, 0.6) is 17.2 Å². The van der Waals surface area contributed by atoms with Gasteiger partial charge in [-0.2, -0.15) is 0 Å². The summed E-state index contributed by atoms with van der Waals surface area (Å²) in [6, 6.07) is 9.67. The van der Waals surface area contributed by atoms with Crippen molar-refractivity contribution in [3.8, 4) is 28.6 Å². The van der Waals surface area contributed by atoms with Gasteiger partial charge in [0, 0.05) is 12.1 Å². The Morgan fingerprint density at radius 2 is 1.70 bits per heavy atom. The van der Waals surface area contributed by atoms with Crippen molar-refractivity contribution in [3.63, 3.8) is 0 Å². The lowest BCUT2D eigenvalue weighted by molar-refractivity contribution is 0.450. The molecule has 0 fully saturated rings. The molecule has 0 spiro atoms. The SMILES string of the molecule is O=c1cc(-c2ccc(O)cc2O)oc2cccc(O)c12. The van der Waals surface area contributed by atoms with Crippen LogP contribution in [-0.4, -0.2) is 15.3 Å². The van der Waals surface area contributed by atoms with Crippen molar-refractivity contribution in [2.24, 2.45) is 0 Å². The van der Waals surface area contributed by atoms with Gasteiger partial charge in [-0.3, -0.25) is 4.79 Å². The Labute approximate surface area is 113 Å². The fourth-order valence-electron chi connectivity index (χ4n) is 2.05. The molecule has 3 aromatic rings. The normalized spacial score (nSPS) is 10.8. The Bertz CT molecular complexity index is 864. The second-order valence-corrected chi connectivity index (χ2v) is 4.33. The largest absolute Gasteiger partial charge is 0.508 e. The first-order valence-electron chi connectivity index (χ1n) is 5.84. The van der Waals surface area contributed by atoms with E-state index in [1.54, 1.807) is 12.1 Å². The number of fused-ring (bicyclic) bond motifs is 1. The van der Waals surface area contributed by atoms with E-state index < -0.39 is 5.43 Å². The number of hydrogen-bond acceptors (Lipinski definition) is 5. The quantitative estimate of drug-likeness (QED) is 0.632. The third-order valence-electron chi connectivity index (χ3n) is 2.98. The molecule has 3 N–H and O–H groups in total. The molecule has 0 bridgehead atoms. The van der Waals surface area contributed by atoms with Crippen molar-refractivity contribution < 1.29 is 19.7 Å². The molecule has 0 unspecified atom stereocenters. The standard InChI is InChI=1S/C15H10O5/c16-8-4-5-9(11(18)6-8)14-7-12(19)15-10(17)2-1-3-13(15)20-14/h1-7,16-18H. The lowest BCUT2D eigenvalue weighted by Gasteiger charge is -2.06. The van der Waals surface area contributed by atoms with Crippen molar-refractivity contribution in [1.29, 1.82) is 0 Å². The molecule has 100 valence electrons. The van der Waals surface area contributed by atoms with E-state index in [9.17, 15) is 20.1 Å². The highest BCUT2D eigenvalue weighted by atomic mass is 16.3. The lowest BCUT2D eigenvalue weighted by Crippen LogP contribution is -2.00. The molecule has 0 saturated heterocycles. The minimum Gasteiger partial charge on any atom is -0.508 e. The van der Waals surface area contributed by atoms with E-state index in [0.717, 1.165) is 6.07 Å². The molecule has 0 aliphatic heterocycles. The lowest BCUT2D eigenvalue weighted by atomic mass is 10.1. The highest BCUT2D eigenvalue weighted by Crippen LogP contribution is 2.33. The van der Waals surface area contributed by atoms with Crippen LogP contribution in [-0.2, 0) is 0 Å². The maximum atomic E-state index is 12.0. The summed E-state index contributed by atoms with van der Waals surface area (Å²) < 4.78 is 5.53. The van der Waals surface area contributed by atoms with E-state index in [4.69, 9.17) is 4.42 Å². The summed E-state index contributed by atoms with van der Waals surface area (Å²) in [6.45, 7) is 0. The molecule has 0 amide bonds. The zero-order valence-corrected chi connectivity index (χ0v) is 10.2. The monoisotopic (exact) mass is 270 g/mol. The number of phenols is 3. The molecule has 5 heteroatoms. The average molecular weight is 270 g/mol. The summed E-state index contributed by atoms with van der Waals surface area (Å²) >= 11 is 0. The van der Waals surface area contributed by atoms with Gasteiger partial charge in [0.25, 0.3) is 0 Å². The Hall–Kier alpha value is -2.95. The summed E-state index contributed by atoms with van der Waals surface area (Å²) in [5, 5.41) is 28.8. The number of aromatic hydroxyl groups is 3. The fraction of sp³-hybridized carbons (Fsp3) is 0. The van der Waals surface area contributed by atoms with Gasteiger partial charge >= 0.3 is 0 Å². The van der Waals surface area contributed by atoms with Crippen LogP contribution in [0.3, 0.4) is 0 Å². The highest BCUT2D eigenvalue weighted by Gasteiger charge is 2.12. The summed E-state index contributed by atoms with van der Waals surface area (Å²) in [5.74, 6) is -0.289. The first kappa shape index (κ1) is 12.1. The van der Waals surface area contributed by atoms with Gasteiger partial charge in [-0.25, -0.2) is 0 Å². The summed E-state index contributed by atoms with van der Waals surface area (Å²) in [6.07, 6.45) is 0. The van der Waals surface area contributed by atoms with Crippen molar-refractivity contribution in [3.05, 3.63) is 52.7 Å². The molecule has 1 heterocycles. The average Bonchev–Trinajstić information content (AvgIpc) is 2.38. The van der Waals surface area contributed by atoms with E-state index in [2.05, 4.69) is 0 Å². The van der Waals surface area contributed by atoms with E-state index in [1.807, 2.05) is 0 Å². The van der Waals surface area contributed by atoms with Crippen molar-refractivity contribution in [1.82, 2.24) is 0 Å². The van der Waals surface area contributed by atoms with Crippen LogP contribution in [0, 0.1) is 0 Å². The number of benzene rings is 2. The molecular weight excluding hydrogens is 260 g/mol. The second kappa shape index (κ2) is 4.31. The van der Waals surface area contributed by atoms with Gasteiger partial charge in [-0.15, -0.1) is 0 Å². The molecule has 0 radical (unpaired) electrons. The van der Waals surface area contributed by atoms with Gasteiger partial charge in [-0.05, 0) is 24.3 Å². The highest BCUT2D eigenvalue weighted by molar-refractivity contribution is 5.84. The number of phenolic OH excluding ortho intramolecular Hbond substituents is 3. The van der Waals surface area contributed by atoms with Crippen molar-refractivity contribution in [2.75, 3.05) is 0 Å². The van der Waals surface area contributed by atoms with Crippen LogP contribution in [0.1, 0.15) is 0 Å². The molecule has 0 aliphatic carbocycles. The smallest absolute Gasteiger partial charge is 0.197 e. The number of hydrogen-bond donors (Lipinski definition) is 3. The second-order valence-electron chi connectivity index (χ2n) is 4.33. The molecule has 0 saturated carbocycles. The van der Waals surface area contributed by atoms with E-state index in [-0.39, 0.29) is 39.5 Å². The first-order chi connectivity index (χ1) is 9.56. The van der Waals surface area contributed by atoms with Gasteiger partial charge in [0.15, 0.2) is 5.43 Å². The zero-order chi connectivity index (χ0) is 14.3. The third-order valence-corrected chi connectivity index (χ3v) is 2.98. The summed E-state index contributed by atoms with van der Waals surface area (Å²) in [7, 11) is 0. The van der Waals surface area contributed by atoms with Crippen LogP contribution in [0.2, 0.25) is 0 Å². The van der Waals surface area contributed by atoms with Gasteiger partial charge in [0.2, 0.25) is 0 Å². The zero-order valence-electron chi connectivity index (χ0n) is 10.2. The molecule has 0 atom stereocenters. The number of rotatable bonds is 1. The minimum absolute atomic E-state index is 0.0907. The maximum absolute atomic E-state index is 12.0. The summed E-state index contributed by atoms with van der Waals surface area (Å²) in [5.41, 5.74) is 0.0944. The molecular formula is C15H10O5. The van der Waals surface area contributed by atoms with Crippen LogP contribution in [0.4, 0.5) is 0 Å². The third kappa shape index (κ3) is 1.85. The van der Waals surface area contributed by atoms with Crippen LogP contribution in [0.15, 0.2) is 51.7 Å². The Morgan fingerprint density at radius 3 is 2.45 bits per heavy atom. The Balaban J connectivity index is 2.31. The minimum atomic E-state index is -0.410.